The second-order valence-electron chi connectivity index (χ2n) is 2.87. The molecule has 1 aliphatic rings. The SMILES string of the molecule is O=CC(CC1CC1)NC(=O)O. The van der Waals surface area contributed by atoms with Crippen LogP contribution in [0.1, 0.15) is 19.3 Å². The Morgan fingerprint density at radius 3 is 2.73 bits per heavy atom. The summed E-state index contributed by atoms with van der Waals surface area (Å²) in [6, 6.07) is -0.500. The van der Waals surface area contributed by atoms with Gasteiger partial charge in [-0.15, -0.1) is 0 Å². The zero-order chi connectivity index (χ0) is 8.27. The van der Waals surface area contributed by atoms with E-state index in [2.05, 4.69) is 5.32 Å². The third-order valence-electron chi connectivity index (χ3n) is 1.76. The molecule has 0 radical (unpaired) electrons. The van der Waals surface area contributed by atoms with Crippen LogP contribution in [0.4, 0.5) is 4.79 Å². The number of carbonyl (C=O) groups is 2. The molecule has 0 bridgehead atoms. The molecule has 1 unspecified atom stereocenters. The van der Waals surface area contributed by atoms with Crippen LogP contribution in [0, 0.1) is 5.92 Å². The molecule has 0 saturated heterocycles. The van der Waals surface area contributed by atoms with E-state index < -0.39 is 12.1 Å². The second-order valence-corrected chi connectivity index (χ2v) is 2.87. The van der Waals surface area contributed by atoms with Crippen molar-refractivity contribution in [2.24, 2.45) is 5.92 Å². The number of hydrogen-bond acceptors (Lipinski definition) is 2. The topological polar surface area (TPSA) is 66.4 Å². The van der Waals surface area contributed by atoms with Crippen LogP contribution in [0.2, 0.25) is 0 Å². The van der Waals surface area contributed by atoms with E-state index in [1.165, 1.54) is 0 Å². The lowest BCUT2D eigenvalue weighted by atomic mass is 10.1. The van der Waals surface area contributed by atoms with Gasteiger partial charge < -0.3 is 15.2 Å². The molecular formula is C7H11NO3. The summed E-state index contributed by atoms with van der Waals surface area (Å²) in [6.07, 6.45) is 2.46. The summed E-state index contributed by atoms with van der Waals surface area (Å²) in [5.74, 6) is 0.567. The fourth-order valence-corrected chi connectivity index (χ4v) is 1.02. The Kier molecular flexibility index (Phi) is 2.46. The van der Waals surface area contributed by atoms with Crippen LogP contribution in [0.25, 0.3) is 0 Å². The molecule has 1 atom stereocenters. The number of carboxylic acid groups (broad SMARTS) is 1. The van der Waals surface area contributed by atoms with Gasteiger partial charge in [0.25, 0.3) is 0 Å². The third kappa shape index (κ3) is 3.02. The standard InChI is InChI=1S/C7H11NO3/c9-4-6(8-7(10)11)3-5-1-2-5/h4-6,8H,1-3H2,(H,10,11). The molecule has 2 N–H and O–H groups in total. The van der Waals surface area contributed by atoms with Crippen molar-refractivity contribution in [1.82, 2.24) is 5.32 Å². The molecule has 11 heavy (non-hydrogen) atoms. The van der Waals surface area contributed by atoms with E-state index in [1.807, 2.05) is 0 Å². The Morgan fingerprint density at radius 2 is 2.36 bits per heavy atom. The highest BCUT2D eigenvalue weighted by Crippen LogP contribution is 2.33. The first-order valence-electron chi connectivity index (χ1n) is 3.67. The van der Waals surface area contributed by atoms with E-state index in [9.17, 15) is 9.59 Å². The largest absolute Gasteiger partial charge is 0.465 e. The second kappa shape index (κ2) is 3.37. The number of rotatable bonds is 4. The number of nitrogens with one attached hydrogen (secondary N) is 1. The minimum absolute atomic E-state index is 0.500. The molecule has 0 aromatic rings. The minimum atomic E-state index is -1.12. The van der Waals surface area contributed by atoms with Crippen molar-refractivity contribution in [3.63, 3.8) is 0 Å². The number of hydrogen-bond donors (Lipinski definition) is 2. The van der Waals surface area contributed by atoms with Gasteiger partial charge in [-0.05, 0) is 12.3 Å². The van der Waals surface area contributed by atoms with Gasteiger partial charge in [0.05, 0.1) is 6.04 Å². The van der Waals surface area contributed by atoms with Gasteiger partial charge in [0.1, 0.15) is 6.29 Å². The summed E-state index contributed by atoms with van der Waals surface area (Å²) in [7, 11) is 0. The Bertz CT molecular complexity index is 165. The molecule has 4 nitrogen and oxygen atoms in total. The van der Waals surface area contributed by atoms with Gasteiger partial charge in [-0.3, -0.25) is 0 Å². The van der Waals surface area contributed by atoms with Crippen LogP contribution in [0.15, 0.2) is 0 Å². The molecule has 1 rings (SSSR count). The molecule has 4 heteroatoms. The maximum atomic E-state index is 10.3. The molecule has 1 amide bonds. The van der Waals surface area contributed by atoms with Crippen LogP contribution in [-0.2, 0) is 4.79 Å². The molecule has 0 aromatic carbocycles. The molecule has 62 valence electrons. The average molecular weight is 157 g/mol. The van der Waals surface area contributed by atoms with Crippen molar-refractivity contribution < 1.29 is 14.7 Å². The maximum absolute atomic E-state index is 10.3. The van der Waals surface area contributed by atoms with E-state index in [0.717, 1.165) is 12.8 Å². The Hall–Kier alpha value is -1.06. The van der Waals surface area contributed by atoms with Gasteiger partial charge in [0.15, 0.2) is 0 Å². The Morgan fingerprint density at radius 1 is 1.73 bits per heavy atom. The predicted octanol–water partition coefficient (Wildman–Crippen LogP) is 0.622. The van der Waals surface area contributed by atoms with Gasteiger partial charge >= 0.3 is 6.09 Å². The van der Waals surface area contributed by atoms with Crippen LogP contribution in [0.3, 0.4) is 0 Å². The molecule has 0 aromatic heterocycles. The number of aldehydes is 1. The smallest absolute Gasteiger partial charge is 0.405 e. The zero-order valence-corrected chi connectivity index (χ0v) is 6.12. The van der Waals surface area contributed by atoms with Crippen molar-refractivity contribution in [2.45, 2.75) is 25.3 Å². The summed E-state index contributed by atoms with van der Waals surface area (Å²) < 4.78 is 0. The molecule has 0 spiro atoms. The predicted molar refractivity (Wildman–Crippen MR) is 38.4 cm³/mol. The van der Waals surface area contributed by atoms with Crippen molar-refractivity contribution in [3.8, 4) is 0 Å². The average Bonchev–Trinajstić information content (AvgIpc) is 2.69. The van der Waals surface area contributed by atoms with Gasteiger partial charge in [-0.2, -0.15) is 0 Å². The molecule has 1 aliphatic carbocycles. The van der Waals surface area contributed by atoms with Gasteiger partial charge in [-0.1, -0.05) is 12.8 Å². The van der Waals surface area contributed by atoms with Crippen LogP contribution in [0.5, 0.6) is 0 Å². The Labute approximate surface area is 64.6 Å². The summed E-state index contributed by atoms with van der Waals surface area (Å²) in [4.78, 5) is 20.4. The lowest BCUT2D eigenvalue weighted by Gasteiger charge is -2.07. The lowest BCUT2D eigenvalue weighted by Crippen LogP contribution is -2.35. The fraction of sp³-hybridized carbons (Fsp3) is 0.714. The first-order chi connectivity index (χ1) is 5.22. The number of carbonyl (C=O) groups excluding carboxylic acids is 1. The highest BCUT2D eigenvalue weighted by atomic mass is 16.4. The summed E-state index contributed by atoms with van der Waals surface area (Å²) in [5.41, 5.74) is 0. The summed E-state index contributed by atoms with van der Waals surface area (Å²) >= 11 is 0. The highest BCUT2D eigenvalue weighted by Gasteiger charge is 2.25. The Balaban J connectivity index is 2.22. The zero-order valence-electron chi connectivity index (χ0n) is 6.12. The first kappa shape index (κ1) is 8.04. The van der Waals surface area contributed by atoms with Crippen molar-refractivity contribution in [1.29, 1.82) is 0 Å². The maximum Gasteiger partial charge on any atom is 0.405 e. The van der Waals surface area contributed by atoms with Gasteiger partial charge in [-0.25, -0.2) is 4.79 Å². The van der Waals surface area contributed by atoms with E-state index >= 15 is 0 Å². The first-order valence-corrected chi connectivity index (χ1v) is 3.67. The van der Waals surface area contributed by atoms with E-state index in [-0.39, 0.29) is 0 Å². The molecule has 1 saturated carbocycles. The monoisotopic (exact) mass is 157 g/mol. The lowest BCUT2D eigenvalue weighted by molar-refractivity contribution is -0.109. The molecule has 0 aliphatic heterocycles. The molecular weight excluding hydrogens is 146 g/mol. The summed E-state index contributed by atoms with van der Waals surface area (Å²) in [6.45, 7) is 0. The van der Waals surface area contributed by atoms with Crippen LogP contribution < -0.4 is 5.32 Å². The quantitative estimate of drug-likeness (QED) is 0.588. The molecule has 1 fully saturated rings. The summed E-state index contributed by atoms with van der Waals surface area (Å²) in [5, 5.41) is 10.4. The van der Waals surface area contributed by atoms with E-state index in [1.54, 1.807) is 0 Å². The third-order valence-corrected chi connectivity index (χ3v) is 1.76. The van der Waals surface area contributed by atoms with Crippen molar-refractivity contribution in [3.05, 3.63) is 0 Å². The van der Waals surface area contributed by atoms with E-state index in [0.29, 0.717) is 18.6 Å². The van der Waals surface area contributed by atoms with Gasteiger partial charge in [0, 0.05) is 0 Å². The van der Waals surface area contributed by atoms with Crippen molar-refractivity contribution >= 4 is 12.4 Å². The number of amides is 1. The fourth-order valence-electron chi connectivity index (χ4n) is 1.02. The van der Waals surface area contributed by atoms with Gasteiger partial charge in [0.2, 0.25) is 0 Å². The van der Waals surface area contributed by atoms with Crippen LogP contribution >= 0.6 is 0 Å². The van der Waals surface area contributed by atoms with E-state index in [4.69, 9.17) is 5.11 Å². The molecule has 0 heterocycles. The highest BCUT2D eigenvalue weighted by molar-refractivity contribution is 5.71. The minimum Gasteiger partial charge on any atom is -0.465 e. The van der Waals surface area contributed by atoms with Crippen molar-refractivity contribution in [2.75, 3.05) is 0 Å². The van der Waals surface area contributed by atoms with Crippen LogP contribution in [-0.4, -0.2) is 23.5 Å². The normalized spacial score (nSPS) is 18.9.